The highest BCUT2D eigenvalue weighted by atomic mass is 16.5. The average Bonchev–Trinajstić information content (AvgIpc) is 3.03. The molecule has 8 heteroatoms. The Morgan fingerprint density at radius 1 is 1.25 bits per heavy atom. The molecule has 3 aromatic rings. The van der Waals surface area contributed by atoms with Crippen molar-refractivity contribution in [1.29, 1.82) is 0 Å². The lowest BCUT2D eigenvalue weighted by Gasteiger charge is -2.22. The minimum Gasteiger partial charge on any atom is -0.374 e. The molecule has 0 radical (unpaired) electrons. The zero-order chi connectivity index (χ0) is 20.1. The summed E-state index contributed by atoms with van der Waals surface area (Å²) < 4.78 is 7.78. The lowest BCUT2D eigenvalue weighted by molar-refractivity contribution is -0.123. The van der Waals surface area contributed by atoms with Crippen LogP contribution in [-0.4, -0.2) is 40.5 Å². The van der Waals surface area contributed by atoms with Crippen molar-refractivity contribution in [2.24, 2.45) is 5.73 Å². The molecule has 0 saturated heterocycles. The van der Waals surface area contributed by atoms with Gasteiger partial charge in [-0.3, -0.25) is 9.20 Å². The van der Waals surface area contributed by atoms with E-state index in [1.807, 2.05) is 74.8 Å². The third kappa shape index (κ3) is 5.40. The Morgan fingerprint density at radius 3 is 2.71 bits per heavy atom. The third-order valence-electron chi connectivity index (χ3n) is 4.24. The maximum absolute atomic E-state index is 12.5. The Kier molecular flexibility index (Phi) is 6.11. The van der Waals surface area contributed by atoms with Gasteiger partial charge in [-0.05, 0) is 25.5 Å². The summed E-state index contributed by atoms with van der Waals surface area (Å²) in [4.78, 5) is 12.5. The minimum absolute atomic E-state index is 0.148. The first kappa shape index (κ1) is 20.0. The van der Waals surface area contributed by atoms with Crippen molar-refractivity contribution in [3.63, 3.8) is 0 Å². The summed E-state index contributed by atoms with van der Waals surface area (Å²) >= 11 is 0. The fourth-order valence-corrected chi connectivity index (χ4v) is 2.96. The van der Waals surface area contributed by atoms with Gasteiger partial charge in [-0.15, -0.1) is 10.2 Å². The number of ether oxygens (including phenoxy) is 1. The summed E-state index contributed by atoms with van der Waals surface area (Å²) in [6, 6.07) is 13.3. The molecule has 0 fully saturated rings. The molecular weight excluding hydrogens is 353 g/mol. The van der Waals surface area contributed by atoms with Crippen LogP contribution in [0.25, 0.3) is 5.65 Å². The largest absolute Gasteiger partial charge is 0.374 e. The van der Waals surface area contributed by atoms with Gasteiger partial charge < -0.3 is 15.8 Å². The maximum Gasteiger partial charge on any atom is 0.222 e. The Morgan fingerprint density at radius 2 is 2.00 bits per heavy atom. The number of nitrogens with one attached hydrogen (secondary N) is 1. The van der Waals surface area contributed by atoms with Crippen molar-refractivity contribution >= 4 is 24.9 Å². The molecule has 1 amide bonds. The van der Waals surface area contributed by atoms with E-state index in [0.717, 1.165) is 16.7 Å². The Hall–Kier alpha value is -2.71. The number of amides is 1. The van der Waals surface area contributed by atoms with E-state index < -0.39 is 11.6 Å². The maximum atomic E-state index is 12.5. The van der Waals surface area contributed by atoms with Crippen LogP contribution in [0.3, 0.4) is 0 Å². The molecule has 7 nitrogen and oxygen atoms in total. The number of nitrogens with zero attached hydrogens (tertiary/aromatic N) is 3. The lowest BCUT2D eigenvalue weighted by atomic mass is 9.99. The van der Waals surface area contributed by atoms with E-state index in [0.29, 0.717) is 12.4 Å². The van der Waals surface area contributed by atoms with Crippen molar-refractivity contribution in [3.8, 4) is 0 Å². The molecule has 0 unspecified atom stereocenters. The molecule has 3 N–H and O–H groups in total. The van der Waals surface area contributed by atoms with E-state index in [1.165, 1.54) is 0 Å². The first-order chi connectivity index (χ1) is 13.3. The van der Waals surface area contributed by atoms with Crippen molar-refractivity contribution in [2.75, 3.05) is 6.61 Å². The molecule has 1 aromatic carbocycles. The van der Waals surface area contributed by atoms with Crippen molar-refractivity contribution in [2.45, 2.75) is 38.5 Å². The van der Waals surface area contributed by atoms with Gasteiger partial charge in [-0.1, -0.05) is 41.9 Å². The number of fused-ring (bicyclic) bond motifs is 1. The molecule has 1 atom stereocenters. The molecule has 146 valence electrons. The van der Waals surface area contributed by atoms with Crippen LogP contribution >= 0.6 is 0 Å². The summed E-state index contributed by atoms with van der Waals surface area (Å²) in [7, 11) is 2.00. The number of hydrogen-bond donors (Lipinski definition) is 2. The first-order valence-corrected chi connectivity index (χ1v) is 9.33. The second kappa shape index (κ2) is 8.54. The zero-order valence-corrected chi connectivity index (χ0v) is 16.6. The third-order valence-corrected chi connectivity index (χ3v) is 4.24. The predicted molar refractivity (Wildman–Crippen MR) is 111 cm³/mol. The average molecular weight is 379 g/mol. The van der Waals surface area contributed by atoms with Crippen LogP contribution in [0.2, 0.25) is 0 Å². The fourth-order valence-electron chi connectivity index (χ4n) is 2.96. The Bertz CT molecular complexity index is 937. The van der Waals surface area contributed by atoms with Gasteiger partial charge in [-0.2, -0.15) is 0 Å². The van der Waals surface area contributed by atoms with Crippen molar-refractivity contribution < 1.29 is 9.53 Å². The number of benzene rings is 1. The molecule has 0 bridgehead atoms. The quantitative estimate of drug-likeness (QED) is 0.556. The number of hydrogen-bond acceptors (Lipinski definition) is 5. The van der Waals surface area contributed by atoms with Gasteiger partial charge in [-0.25, -0.2) is 0 Å². The molecule has 0 aliphatic carbocycles. The number of aromatic nitrogens is 3. The van der Waals surface area contributed by atoms with Crippen LogP contribution in [0, 0.1) is 0 Å². The molecule has 0 saturated carbocycles. The molecule has 28 heavy (non-hydrogen) atoms. The van der Waals surface area contributed by atoms with Crippen LogP contribution in [0.5, 0.6) is 0 Å². The number of carbonyl (C=O) groups is 1. The van der Waals surface area contributed by atoms with E-state index in [1.54, 1.807) is 0 Å². The number of nitrogens with two attached hydrogens (primary N) is 1. The molecule has 2 aromatic heterocycles. The highest BCUT2D eigenvalue weighted by molar-refractivity contribution is 6.32. The van der Waals surface area contributed by atoms with Gasteiger partial charge >= 0.3 is 0 Å². The fraction of sp³-hybridized carbons (Fsp3) is 0.350. The second-order valence-electron chi connectivity index (χ2n) is 7.78. The lowest BCUT2D eigenvalue weighted by Crippen LogP contribution is -2.41. The molecule has 0 spiro atoms. The van der Waals surface area contributed by atoms with Gasteiger partial charge in [0.1, 0.15) is 13.9 Å². The predicted octanol–water partition coefficient (Wildman–Crippen LogP) is 0.489. The second-order valence-corrected chi connectivity index (χ2v) is 7.78. The number of rotatable bonds is 8. The van der Waals surface area contributed by atoms with Crippen LogP contribution in [0.1, 0.15) is 37.7 Å². The molecule has 2 heterocycles. The molecule has 0 aliphatic heterocycles. The topological polar surface area (TPSA) is 94.5 Å². The van der Waals surface area contributed by atoms with E-state index in [2.05, 4.69) is 15.5 Å². The summed E-state index contributed by atoms with van der Waals surface area (Å²) in [5, 5.41) is 11.5. The van der Waals surface area contributed by atoms with Gasteiger partial charge in [0.25, 0.3) is 0 Å². The van der Waals surface area contributed by atoms with Crippen LogP contribution in [-0.2, 0) is 16.1 Å². The number of pyridine rings is 1. The van der Waals surface area contributed by atoms with Crippen LogP contribution < -0.4 is 16.5 Å². The van der Waals surface area contributed by atoms with E-state index in [4.69, 9.17) is 10.5 Å². The van der Waals surface area contributed by atoms with Crippen molar-refractivity contribution in [1.82, 2.24) is 19.9 Å². The normalized spacial score (nSPS) is 12.8. The van der Waals surface area contributed by atoms with Crippen LogP contribution in [0.15, 0.2) is 48.7 Å². The van der Waals surface area contributed by atoms with Gasteiger partial charge in [0.15, 0.2) is 11.5 Å². The zero-order valence-electron chi connectivity index (χ0n) is 16.6. The van der Waals surface area contributed by atoms with E-state index >= 15 is 0 Å². The highest BCUT2D eigenvalue weighted by Gasteiger charge is 2.24. The summed E-state index contributed by atoms with van der Waals surface area (Å²) in [5.41, 5.74) is 8.27. The summed E-state index contributed by atoms with van der Waals surface area (Å²) in [6.45, 7) is 4.37. The van der Waals surface area contributed by atoms with Crippen molar-refractivity contribution in [3.05, 3.63) is 60.0 Å². The van der Waals surface area contributed by atoms with Gasteiger partial charge in [0, 0.05) is 18.2 Å². The molecular formula is C20H26BN5O2. The first-order valence-electron chi connectivity index (χ1n) is 9.33. The van der Waals surface area contributed by atoms with Crippen LogP contribution in [0.4, 0.5) is 0 Å². The Labute approximate surface area is 165 Å². The molecule has 3 rings (SSSR count). The standard InChI is InChI=1S/C20H26BN5O2/c1-20(2,22)10-18(27)23-16(13-28-12-14-6-4-3-5-7-14)19-25-24-17-9-8-15(21)11-26(17)19/h3-9,11,16H,10,12-13,21-22H2,1-2H3,(H,23,27)/t16-/m1/s1. The highest BCUT2D eigenvalue weighted by Crippen LogP contribution is 2.15. The minimum atomic E-state index is -0.594. The Balaban J connectivity index is 1.78. The monoisotopic (exact) mass is 379 g/mol. The van der Waals surface area contributed by atoms with Gasteiger partial charge in [0.05, 0.1) is 13.2 Å². The summed E-state index contributed by atoms with van der Waals surface area (Å²) in [6.07, 6.45) is 2.16. The van der Waals surface area contributed by atoms with E-state index in [9.17, 15) is 4.79 Å². The summed E-state index contributed by atoms with van der Waals surface area (Å²) in [5.74, 6) is 0.486. The smallest absolute Gasteiger partial charge is 0.222 e. The van der Waals surface area contributed by atoms with E-state index in [-0.39, 0.29) is 18.9 Å². The van der Waals surface area contributed by atoms with Gasteiger partial charge in [0.2, 0.25) is 5.91 Å². The SMILES string of the molecule is Bc1ccc2nnc([C@@H](COCc3ccccc3)NC(=O)CC(C)(C)N)n2c1. The number of carbonyl (C=O) groups excluding carboxylic acids is 1. The molecule has 0 aliphatic rings.